The highest BCUT2D eigenvalue weighted by Crippen LogP contribution is 2.33. The van der Waals surface area contributed by atoms with Crippen molar-refractivity contribution in [3.63, 3.8) is 0 Å². The van der Waals surface area contributed by atoms with Crippen molar-refractivity contribution in [2.45, 2.75) is 63.5 Å². The van der Waals surface area contributed by atoms with Crippen LogP contribution in [0.4, 0.5) is 11.8 Å². The maximum Gasteiger partial charge on any atom is 0.243 e. The van der Waals surface area contributed by atoms with Gasteiger partial charge in [0.05, 0.1) is 6.04 Å². The van der Waals surface area contributed by atoms with E-state index < -0.39 is 0 Å². The van der Waals surface area contributed by atoms with Gasteiger partial charge in [0.25, 0.3) is 0 Å². The number of aromatic nitrogens is 3. The van der Waals surface area contributed by atoms with E-state index in [4.69, 9.17) is 11.6 Å². The lowest BCUT2D eigenvalue weighted by molar-refractivity contribution is -0.124. The summed E-state index contributed by atoms with van der Waals surface area (Å²) in [7, 11) is 1.80. The van der Waals surface area contributed by atoms with Crippen LogP contribution in [0.2, 0.25) is 5.02 Å². The Morgan fingerprint density at radius 3 is 2.63 bits per heavy atom. The number of benzene rings is 1. The molecule has 3 N–H and O–H groups in total. The van der Waals surface area contributed by atoms with Gasteiger partial charge in [-0.2, -0.15) is 9.97 Å². The van der Waals surface area contributed by atoms with Gasteiger partial charge in [-0.3, -0.25) is 4.79 Å². The Labute approximate surface area is 211 Å². The molecule has 1 fully saturated rings. The lowest BCUT2D eigenvalue weighted by Gasteiger charge is -2.33. The molecule has 2 aliphatic carbocycles. The first-order valence-electron chi connectivity index (χ1n) is 12.7. The van der Waals surface area contributed by atoms with Crippen LogP contribution in [0, 0.1) is 5.92 Å². The van der Waals surface area contributed by atoms with Gasteiger partial charge >= 0.3 is 0 Å². The summed E-state index contributed by atoms with van der Waals surface area (Å²) in [6.45, 7) is 0. The molecular formula is C27H33ClN6O. The molecule has 2 unspecified atom stereocenters. The van der Waals surface area contributed by atoms with Crippen molar-refractivity contribution in [3.05, 3.63) is 64.9 Å². The number of rotatable bonds is 7. The summed E-state index contributed by atoms with van der Waals surface area (Å²) in [6.07, 6.45) is 12.5. The number of anilines is 2. The molecule has 35 heavy (non-hydrogen) atoms. The van der Waals surface area contributed by atoms with E-state index in [0.717, 1.165) is 55.8 Å². The normalized spacial score (nSPS) is 19.0. The smallest absolute Gasteiger partial charge is 0.243 e. The first-order valence-corrected chi connectivity index (χ1v) is 13.0. The van der Waals surface area contributed by atoms with Gasteiger partial charge in [-0.15, -0.1) is 0 Å². The Bertz CT molecular complexity index is 1160. The second-order valence-corrected chi connectivity index (χ2v) is 10.0. The maximum atomic E-state index is 13.8. The van der Waals surface area contributed by atoms with Crippen molar-refractivity contribution < 1.29 is 4.79 Å². The summed E-state index contributed by atoms with van der Waals surface area (Å²) in [4.78, 5) is 23.0. The van der Waals surface area contributed by atoms with Crippen LogP contribution in [-0.4, -0.2) is 33.5 Å². The molecule has 2 heterocycles. The first kappa shape index (κ1) is 23.7. The molecule has 5 rings (SSSR count). The van der Waals surface area contributed by atoms with Crippen LogP contribution in [0.15, 0.2) is 48.8 Å². The summed E-state index contributed by atoms with van der Waals surface area (Å²) in [6, 6.07) is 11.5. The lowest BCUT2D eigenvalue weighted by atomic mass is 9.82. The summed E-state index contributed by atoms with van der Waals surface area (Å²) < 4.78 is 1.94. The van der Waals surface area contributed by atoms with Crippen molar-refractivity contribution in [3.8, 4) is 5.82 Å². The Balaban J connectivity index is 1.41. The average Bonchev–Trinajstić information content (AvgIpc) is 3.43. The van der Waals surface area contributed by atoms with Crippen molar-refractivity contribution in [2.24, 2.45) is 5.92 Å². The van der Waals surface area contributed by atoms with E-state index in [2.05, 4.69) is 32.0 Å². The quantitative estimate of drug-likeness (QED) is 0.404. The minimum absolute atomic E-state index is 0.00473. The fourth-order valence-corrected chi connectivity index (χ4v) is 5.65. The van der Waals surface area contributed by atoms with E-state index in [1.807, 2.05) is 47.3 Å². The highest BCUT2D eigenvalue weighted by atomic mass is 35.5. The number of halogens is 1. The Hall–Kier alpha value is -3.06. The molecule has 0 spiro atoms. The number of carbonyl (C=O) groups is 1. The van der Waals surface area contributed by atoms with E-state index in [1.165, 1.54) is 17.5 Å². The fourth-order valence-electron chi connectivity index (χ4n) is 5.46. The zero-order chi connectivity index (χ0) is 24.2. The molecule has 7 nitrogen and oxygen atoms in total. The van der Waals surface area contributed by atoms with E-state index in [1.54, 1.807) is 7.05 Å². The molecule has 2 aliphatic rings. The van der Waals surface area contributed by atoms with Crippen LogP contribution >= 0.6 is 11.6 Å². The molecule has 184 valence electrons. The standard InChI is InChI=1S/C27H33ClN6O/c1-29-27-32-23(17-24(33-27)34-14-5-6-15-34)31-25(18-8-3-2-4-9-18)26(35)30-22-11-7-10-19-16-20(28)12-13-21(19)22/h5-6,12-18,22,25H,2-4,7-11H2,1H3,(H,30,35)(H2,29,31,32,33). The third-order valence-corrected chi connectivity index (χ3v) is 7.48. The number of nitrogens with one attached hydrogen (secondary N) is 3. The van der Waals surface area contributed by atoms with E-state index in [-0.39, 0.29) is 23.9 Å². The molecule has 2 aromatic heterocycles. The predicted molar refractivity (Wildman–Crippen MR) is 140 cm³/mol. The van der Waals surface area contributed by atoms with Gasteiger partial charge < -0.3 is 20.5 Å². The monoisotopic (exact) mass is 492 g/mol. The molecule has 0 saturated heterocycles. The molecular weight excluding hydrogens is 460 g/mol. The number of hydrogen-bond acceptors (Lipinski definition) is 5. The minimum atomic E-state index is -0.356. The van der Waals surface area contributed by atoms with Gasteiger partial charge in [0.15, 0.2) is 0 Å². The van der Waals surface area contributed by atoms with Crippen LogP contribution in [-0.2, 0) is 11.2 Å². The number of hydrogen-bond donors (Lipinski definition) is 3. The molecule has 1 saturated carbocycles. The van der Waals surface area contributed by atoms with Crippen LogP contribution in [0.5, 0.6) is 0 Å². The zero-order valence-corrected chi connectivity index (χ0v) is 20.9. The second-order valence-electron chi connectivity index (χ2n) is 9.59. The number of nitrogens with zero attached hydrogens (tertiary/aromatic N) is 3. The van der Waals surface area contributed by atoms with Crippen molar-refractivity contribution in [2.75, 3.05) is 17.7 Å². The van der Waals surface area contributed by atoms with Crippen molar-refractivity contribution in [1.29, 1.82) is 0 Å². The topological polar surface area (TPSA) is 83.9 Å². The SMILES string of the molecule is CNc1nc(NC(C(=O)NC2CCCc3cc(Cl)ccc32)C2CCCCC2)cc(-n2cccc2)n1. The van der Waals surface area contributed by atoms with Crippen LogP contribution in [0.1, 0.15) is 62.1 Å². The highest BCUT2D eigenvalue weighted by Gasteiger charge is 2.32. The fraction of sp³-hybridized carbons (Fsp3) is 0.444. The number of amides is 1. The minimum Gasteiger partial charge on any atom is -0.358 e. The van der Waals surface area contributed by atoms with E-state index in [9.17, 15) is 4.79 Å². The van der Waals surface area contributed by atoms with Crippen LogP contribution in [0.3, 0.4) is 0 Å². The Morgan fingerprint density at radius 2 is 1.86 bits per heavy atom. The number of fused-ring (bicyclic) bond motifs is 1. The van der Waals surface area contributed by atoms with Gasteiger partial charge in [0.2, 0.25) is 11.9 Å². The summed E-state index contributed by atoms with van der Waals surface area (Å²) in [5.74, 6) is 2.21. The van der Waals surface area contributed by atoms with Gasteiger partial charge in [-0.25, -0.2) is 0 Å². The van der Waals surface area contributed by atoms with Gasteiger partial charge in [0, 0.05) is 30.5 Å². The second kappa shape index (κ2) is 10.7. The molecule has 1 amide bonds. The predicted octanol–water partition coefficient (Wildman–Crippen LogP) is 5.52. The largest absolute Gasteiger partial charge is 0.358 e. The first-order chi connectivity index (χ1) is 17.1. The Morgan fingerprint density at radius 1 is 1.06 bits per heavy atom. The lowest BCUT2D eigenvalue weighted by Crippen LogP contribution is -2.47. The average molecular weight is 493 g/mol. The van der Waals surface area contributed by atoms with E-state index >= 15 is 0 Å². The molecule has 0 bridgehead atoms. The van der Waals surface area contributed by atoms with Crippen LogP contribution in [0.25, 0.3) is 5.82 Å². The molecule has 1 aromatic carbocycles. The summed E-state index contributed by atoms with van der Waals surface area (Å²) >= 11 is 6.23. The number of aryl methyl sites for hydroxylation is 1. The van der Waals surface area contributed by atoms with Gasteiger partial charge in [-0.1, -0.05) is 36.9 Å². The van der Waals surface area contributed by atoms with Gasteiger partial charge in [-0.05, 0) is 73.4 Å². The number of carbonyl (C=O) groups excluding carboxylic acids is 1. The summed E-state index contributed by atoms with van der Waals surface area (Å²) in [5, 5.41) is 10.7. The van der Waals surface area contributed by atoms with E-state index in [0.29, 0.717) is 11.8 Å². The molecule has 3 aromatic rings. The zero-order valence-electron chi connectivity index (χ0n) is 20.1. The third-order valence-electron chi connectivity index (χ3n) is 7.25. The highest BCUT2D eigenvalue weighted by molar-refractivity contribution is 6.30. The van der Waals surface area contributed by atoms with Gasteiger partial charge in [0.1, 0.15) is 17.7 Å². The molecule has 0 radical (unpaired) electrons. The molecule has 2 atom stereocenters. The van der Waals surface area contributed by atoms with Crippen molar-refractivity contribution in [1.82, 2.24) is 19.9 Å². The maximum absolute atomic E-state index is 13.8. The molecule has 0 aliphatic heterocycles. The summed E-state index contributed by atoms with van der Waals surface area (Å²) in [5.41, 5.74) is 2.42. The Kier molecular flexibility index (Phi) is 7.23. The van der Waals surface area contributed by atoms with Crippen molar-refractivity contribution >= 4 is 29.3 Å². The third kappa shape index (κ3) is 5.45. The van der Waals surface area contributed by atoms with Crippen LogP contribution < -0.4 is 16.0 Å². The molecule has 8 heteroatoms.